The van der Waals surface area contributed by atoms with Gasteiger partial charge in [0.15, 0.2) is 5.58 Å². The number of rotatable bonds is 7. The van der Waals surface area contributed by atoms with E-state index in [-0.39, 0.29) is 0 Å². The summed E-state index contributed by atoms with van der Waals surface area (Å²) in [6, 6.07) is 68.1. The van der Waals surface area contributed by atoms with Crippen LogP contribution in [0.2, 0.25) is 0 Å². The first-order chi connectivity index (χ1) is 24.8. The molecule has 8 aromatic carbocycles. The zero-order valence-electron chi connectivity index (χ0n) is 27.3. The minimum atomic E-state index is 0.616. The lowest BCUT2D eigenvalue weighted by molar-refractivity contribution is 0.620. The molecule has 0 fully saturated rings. The van der Waals surface area contributed by atoms with Crippen LogP contribution >= 0.6 is 0 Å². The van der Waals surface area contributed by atoms with Crippen LogP contribution in [0.5, 0.6) is 0 Å². The van der Waals surface area contributed by atoms with Crippen LogP contribution in [0.4, 0.5) is 17.1 Å². The summed E-state index contributed by atoms with van der Waals surface area (Å²) >= 11 is 0. The second-order valence-corrected chi connectivity index (χ2v) is 12.4. The quantitative estimate of drug-likeness (QED) is 0.174. The Hall–Kier alpha value is -6.71. The molecule has 0 bridgehead atoms. The molecule has 0 aliphatic carbocycles. The lowest BCUT2D eigenvalue weighted by Gasteiger charge is -2.26. The third-order valence-electron chi connectivity index (χ3n) is 9.30. The van der Waals surface area contributed by atoms with E-state index in [1.54, 1.807) is 0 Å². The molecule has 3 heteroatoms. The maximum Gasteiger partial charge on any atom is 0.227 e. The summed E-state index contributed by atoms with van der Waals surface area (Å²) < 4.78 is 6.29. The predicted molar refractivity (Wildman–Crippen MR) is 208 cm³/mol. The third-order valence-corrected chi connectivity index (χ3v) is 9.30. The minimum absolute atomic E-state index is 0.616. The molecular weight excluding hydrogens is 609 g/mol. The van der Waals surface area contributed by atoms with Gasteiger partial charge in [-0.05, 0) is 99.3 Å². The number of anilines is 3. The number of hydrogen-bond donors (Lipinski definition) is 0. The molecule has 3 nitrogen and oxygen atoms in total. The van der Waals surface area contributed by atoms with Gasteiger partial charge in [-0.15, -0.1) is 0 Å². The van der Waals surface area contributed by atoms with Crippen LogP contribution in [0.1, 0.15) is 0 Å². The monoisotopic (exact) mass is 640 g/mol. The topological polar surface area (TPSA) is 29.3 Å². The molecule has 9 rings (SSSR count). The minimum Gasteiger partial charge on any atom is -0.436 e. The number of hydrogen-bond acceptors (Lipinski definition) is 3. The summed E-state index contributed by atoms with van der Waals surface area (Å²) in [5.41, 5.74) is 12.7. The summed E-state index contributed by atoms with van der Waals surface area (Å²) in [5, 5.41) is 2.48. The first-order valence-corrected chi connectivity index (χ1v) is 16.9. The van der Waals surface area contributed by atoms with Gasteiger partial charge in [-0.25, -0.2) is 4.98 Å². The number of benzene rings is 8. The van der Waals surface area contributed by atoms with Crippen molar-refractivity contribution in [1.82, 2.24) is 4.98 Å². The zero-order valence-corrected chi connectivity index (χ0v) is 27.3. The van der Waals surface area contributed by atoms with Crippen molar-refractivity contribution in [2.45, 2.75) is 0 Å². The maximum atomic E-state index is 6.29. The molecule has 9 aromatic rings. The van der Waals surface area contributed by atoms with Gasteiger partial charge in [0.25, 0.3) is 0 Å². The summed E-state index contributed by atoms with van der Waals surface area (Å²) in [6.45, 7) is 0. The van der Waals surface area contributed by atoms with Gasteiger partial charge in [0.05, 0.1) is 0 Å². The van der Waals surface area contributed by atoms with Crippen LogP contribution in [0.15, 0.2) is 199 Å². The van der Waals surface area contributed by atoms with Gasteiger partial charge in [-0.2, -0.15) is 0 Å². The van der Waals surface area contributed by atoms with Crippen LogP contribution < -0.4 is 4.90 Å². The molecule has 0 radical (unpaired) electrons. The number of oxazole rings is 1. The van der Waals surface area contributed by atoms with Crippen molar-refractivity contribution in [1.29, 1.82) is 0 Å². The van der Waals surface area contributed by atoms with Gasteiger partial charge in [0.2, 0.25) is 5.89 Å². The molecule has 1 heterocycles. The van der Waals surface area contributed by atoms with Gasteiger partial charge in [0, 0.05) is 28.2 Å². The lowest BCUT2D eigenvalue weighted by atomic mass is 10.00. The van der Waals surface area contributed by atoms with Crippen LogP contribution in [0.3, 0.4) is 0 Å². The zero-order chi connectivity index (χ0) is 33.3. The van der Waals surface area contributed by atoms with E-state index in [4.69, 9.17) is 9.40 Å². The van der Waals surface area contributed by atoms with E-state index in [1.807, 2.05) is 18.2 Å². The Morgan fingerprint density at radius 3 is 1.72 bits per heavy atom. The highest BCUT2D eigenvalue weighted by atomic mass is 16.3. The second kappa shape index (κ2) is 12.7. The van der Waals surface area contributed by atoms with Crippen molar-refractivity contribution < 1.29 is 4.42 Å². The highest BCUT2D eigenvalue weighted by Crippen LogP contribution is 2.39. The van der Waals surface area contributed by atoms with E-state index in [1.165, 1.54) is 27.5 Å². The first kappa shape index (κ1) is 29.4. The molecule has 0 amide bonds. The van der Waals surface area contributed by atoms with Crippen LogP contribution in [-0.4, -0.2) is 4.98 Å². The Balaban J connectivity index is 1.05. The van der Waals surface area contributed by atoms with E-state index in [0.717, 1.165) is 50.4 Å². The molecule has 0 aliphatic heterocycles. The molecule has 1 aromatic heterocycles. The van der Waals surface area contributed by atoms with Crippen molar-refractivity contribution in [3.8, 4) is 44.8 Å². The number of para-hydroxylation sites is 2. The fourth-order valence-corrected chi connectivity index (χ4v) is 6.75. The Morgan fingerprint density at radius 1 is 0.360 bits per heavy atom. The first-order valence-electron chi connectivity index (χ1n) is 16.9. The largest absolute Gasteiger partial charge is 0.436 e. The van der Waals surface area contributed by atoms with E-state index >= 15 is 0 Å². The highest BCUT2D eigenvalue weighted by Gasteiger charge is 2.16. The van der Waals surface area contributed by atoms with E-state index < -0.39 is 0 Å². The van der Waals surface area contributed by atoms with Gasteiger partial charge in [0.1, 0.15) is 5.52 Å². The Labute approximate surface area is 291 Å². The Morgan fingerprint density at radius 2 is 0.920 bits per heavy atom. The molecule has 236 valence electrons. The summed E-state index contributed by atoms with van der Waals surface area (Å²) in [6.07, 6.45) is 0. The third kappa shape index (κ3) is 5.61. The molecule has 0 unspecified atom stereocenters. The number of nitrogens with zero attached hydrogens (tertiary/aromatic N) is 2. The molecule has 0 saturated carbocycles. The van der Waals surface area contributed by atoms with Crippen molar-refractivity contribution >= 4 is 38.9 Å². The molecular formula is C47H32N2O. The van der Waals surface area contributed by atoms with Crippen molar-refractivity contribution in [2.75, 3.05) is 4.90 Å². The average molecular weight is 641 g/mol. The molecule has 0 spiro atoms. The van der Waals surface area contributed by atoms with Crippen LogP contribution in [0, 0.1) is 0 Å². The summed E-state index contributed by atoms with van der Waals surface area (Å²) in [4.78, 5) is 7.30. The molecule has 0 atom stereocenters. The SMILES string of the molecule is c1ccc(-c2ccc(-c3nc4c(-c5ccc(N(c6ccccc6)c6cccc(-c7ccc8ccccc8c7)c6)cc5)cccc4o3)cc2)cc1. The van der Waals surface area contributed by atoms with Gasteiger partial charge < -0.3 is 9.32 Å². The fourth-order valence-electron chi connectivity index (χ4n) is 6.75. The summed E-state index contributed by atoms with van der Waals surface area (Å²) in [5.74, 6) is 0.616. The van der Waals surface area contributed by atoms with E-state index in [2.05, 4.69) is 181 Å². The Kier molecular flexibility index (Phi) is 7.49. The molecule has 0 saturated heterocycles. The smallest absolute Gasteiger partial charge is 0.227 e. The molecule has 0 N–H and O–H groups in total. The Bertz CT molecular complexity index is 2570. The number of fused-ring (bicyclic) bond motifs is 2. The maximum absolute atomic E-state index is 6.29. The molecule has 50 heavy (non-hydrogen) atoms. The van der Waals surface area contributed by atoms with Crippen molar-refractivity contribution in [3.63, 3.8) is 0 Å². The van der Waals surface area contributed by atoms with Gasteiger partial charge in [-0.1, -0.05) is 133 Å². The van der Waals surface area contributed by atoms with Crippen molar-refractivity contribution in [3.05, 3.63) is 194 Å². The van der Waals surface area contributed by atoms with Crippen LogP contribution in [-0.2, 0) is 0 Å². The van der Waals surface area contributed by atoms with Crippen LogP contribution in [0.25, 0.3) is 66.7 Å². The van der Waals surface area contributed by atoms with Gasteiger partial charge in [-0.3, -0.25) is 0 Å². The fraction of sp³-hybridized carbons (Fsp3) is 0. The predicted octanol–water partition coefficient (Wildman–Crippen LogP) is 13.1. The second-order valence-electron chi connectivity index (χ2n) is 12.4. The lowest BCUT2D eigenvalue weighted by Crippen LogP contribution is -2.09. The van der Waals surface area contributed by atoms with Crippen molar-refractivity contribution in [2.24, 2.45) is 0 Å². The molecule has 0 aliphatic rings. The van der Waals surface area contributed by atoms with Gasteiger partial charge >= 0.3 is 0 Å². The van der Waals surface area contributed by atoms with E-state index in [9.17, 15) is 0 Å². The number of aromatic nitrogens is 1. The average Bonchev–Trinajstić information content (AvgIpc) is 3.64. The highest BCUT2D eigenvalue weighted by molar-refractivity contribution is 5.93. The standard InChI is InChI=1S/C47H32N2O/c1-3-11-33(12-4-1)35-21-24-37(25-22-35)47-48-46-44(19-10-20-45(46)50-47)36-27-29-42(30-28-36)49(41-16-5-2-6-17-41)43-18-9-15-39(32-43)40-26-23-34-13-7-8-14-38(34)31-40/h1-32H. The van der Waals surface area contributed by atoms with E-state index in [0.29, 0.717) is 5.89 Å². The summed E-state index contributed by atoms with van der Waals surface area (Å²) in [7, 11) is 0. The normalized spacial score (nSPS) is 11.2.